The quantitative estimate of drug-likeness (QED) is 0.441. The number of pyridine rings is 1. The van der Waals surface area contributed by atoms with Gasteiger partial charge in [0.2, 0.25) is 0 Å². The van der Waals surface area contributed by atoms with E-state index in [2.05, 4.69) is 27.7 Å². The molecular formula is C15H12N4OS. The molecule has 3 aromatic rings. The summed E-state index contributed by atoms with van der Waals surface area (Å²) in [5.41, 5.74) is 9.64. The zero-order valence-corrected chi connectivity index (χ0v) is 11.8. The number of hydrazone groups is 1. The van der Waals surface area contributed by atoms with Gasteiger partial charge in [0.05, 0.1) is 11.7 Å². The van der Waals surface area contributed by atoms with Gasteiger partial charge < -0.3 is 10.2 Å². The summed E-state index contributed by atoms with van der Waals surface area (Å²) in [5, 5.41) is 5.05. The van der Waals surface area contributed by atoms with Crippen LogP contribution in [0, 0.1) is 0 Å². The lowest BCUT2D eigenvalue weighted by atomic mass is 10.1. The number of hydrogen-bond donors (Lipinski definition) is 2. The van der Waals surface area contributed by atoms with E-state index >= 15 is 0 Å². The van der Waals surface area contributed by atoms with E-state index in [1.807, 2.05) is 42.5 Å². The third kappa shape index (κ3) is 3.06. The molecule has 0 saturated carbocycles. The first-order chi connectivity index (χ1) is 10.2. The molecule has 21 heavy (non-hydrogen) atoms. The molecule has 0 radical (unpaired) electrons. The Bertz CT molecular complexity index is 825. The molecule has 3 N–H and O–H groups in total. The Hall–Kier alpha value is -2.73. The summed E-state index contributed by atoms with van der Waals surface area (Å²) in [6.45, 7) is 0. The number of nitrogens with one attached hydrogen (secondary N) is 1. The van der Waals surface area contributed by atoms with E-state index in [1.165, 1.54) is 6.21 Å². The number of benzene rings is 1. The molecule has 0 aliphatic rings. The Balaban J connectivity index is 1.87. The normalized spacial score (nSPS) is 11.0. The van der Waals surface area contributed by atoms with Crippen molar-refractivity contribution in [3.63, 3.8) is 0 Å². The maximum Gasteiger partial charge on any atom is 0.184 e. The minimum atomic E-state index is 0.110. The Kier molecular flexibility index (Phi) is 3.61. The summed E-state index contributed by atoms with van der Waals surface area (Å²) >= 11 is 4.65. The fourth-order valence-corrected chi connectivity index (χ4v) is 2.01. The first-order valence-corrected chi connectivity index (χ1v) is 6.67. The number of nitrogens with two attached hydrogens (primary N) is 1. The molecule has 0 aliphatic carbocycles. The second-order valence-corrected chi connectivity index (χ2v) is 4.79. The molecule has 6 heteroatoms. The minimum Gasteiger partial charge on any atom is -0.455 e. The van der Waals surface area contributed by atoms with E-state index in [9.17, 15) is 0 Å². The van der Waals surface area contributed by atoms with Crippen LogP contribution in [0.25, 0.3) is 22.2 Å². The zero-order chi connectivity index (χ0) is 14.7. The van der Waals surface area contributed by atoms with Crippen molar-refractivity contribution < 1.29 is 4.42 Å². The fourth-order valence-electron chi connectivity index (χ4n) is 1.96. The van der Waals surface area contributed by atoms with Gasteiger partial charge in [0.1, 0.15) is 11.5 Å². The van der Waals surface area contributed by atoms with Crippen molar-refractivity contribution in [3.05, 3.63) is 54.4 Å². The average Bonchev–Trinajstić information content (AvgIpc) is 2.95. The predicted molar refractivity (Wildman–Crippen MR) is 87.0 cm³/mol. The largest absolute Gasteiger partial charge is 0.455 e. The van der Waals surface area contributed by atoms with Crippen LogP contribution in [0.2, 0.25) is 0 Å². The van der Waals surface area contributed by atoms with Crippen molar-refractivity contribution in [1.82, 2.24) is 10.4 Å². The van der Waals surface area contributed by atoms with Crippen molar-refractivity contribution in [1.29, 1.82) is 0 Å². The lowest BCUT2D eigenvalue weighted by Gasteiger charge is -2.00. The number of aromatic nitrogens is 1. The van der Waals surface area contributed by atoms with Crippen molar-refractivity contribution in [2.75, 3.05) is 0 Å². The molecule has 0 amide bonds. The summed E-state index contributed by atoms with van der Waals surface area (Å²) in [6, 6.07) is 13.6. The zero-order valence-electron chi connectivity index (χ0n) is 11.0. The standard InChI is InChI=1S/C15H12N4OS/c16-15(21)19-18-9-12-5-6-14(20-12)11-4-3-10-2-1-7-17-13(10)8-11/h1-9H,(H3,16,19,21)/b18-9+. The van der Waals surface area contributed by atoms with Crippen LogP contribution in [0.1, 0.15) is 5.76 Å². The summed E-state index contributed by atoms with van der Waals surface area (Å²) in [4.78, 5) is 4.34. The Morgan fingerprint density at radius 3 is 3.05 bits per heavy atom. The monoisotopic (exact) mass is 296 g/mol. The van der Waals surface area contributed by atoms with Crippen LogP contribution in [0.3, 0.4) is 0 Å². The first kappa shape index (κ1) is 13.3. The molecule has 2 heterocycles. The van der Waals surface area contributed by atoms with E-state index in [4.69, 9.17) is 10.2 Å². The van der Waals surface area contributed by atoms with Gasteiger partial charge in [0, 0.05) is 17.1 Å². The van der Waals surface area contributed by atoms with Gasteiger partial charge in [-0.3, -0.25) is 10.4 Å². The van der Waals surface area contributed by atoms with Crippen molar-refractivity contribution in [3.8, 4) is 11.3 Å². The maximum absolute atomic E-state index is 5.70. The number of thiocarbonyl (C=S) groups is 1. The molecule has 5 nitrogen and oxygen atoms in total. The van der Waals surface area contributed by atoms with Crippen LogP contribution < -0.4 is 11.2 Å². The van der Waals surface area contributed by atoms with E-state index in [0.29, 0.717) is 5.76 Å². The molecule has 2 aromatic heterocycles. The highest BCUT2D eigenvalue weighted by atomic mass is 32.1. The number of hydrogen-bond acceptors (Lipinski definition) is 4. The molecule has 1 aromatic carbocycles. The highest BCUT2D eigenvalue weighted by molar-refractivity contribution is 7.80. The molecule has 0 spiro atoms. The van der Waals surface area contributed by atoms with Gasteiger partial charge in [-0.2, -0.15) is 5.10 Å². The Labute approximate surface area is 126 Å². The van der Waals surface area contributed by atoms with Gasteiger partial charge in [-0.15, -0.1) is 0 Å². The van der Waals surface area contributed by atoms with Crippen LogP contribution in [0.4, 0.5) is 0 Å². The van der Waals surface area contributed by atoms with Crippen LogP contribution in [-0.2, 0) is 0 Å². The van der Waals surface area contributed by atoms with Gasteiger partial charge in [-0.25, -0.2) is 0 Å². The number of furan rings is 1. The fraction of sp³-hybridized carbons (Fsp3) is 0. The lowest BCUT2D eigenvalue weighted by Crippen LogP contribution is -2.23. The summed E-state index contributed by atoms with van der Waals surface area (Å²) in [7, 11) is 0. The molecule has 0 unspecified atom stereocenters. The maximum atomic E-state index is 5.70. The predicted octanol–water partition coefficient (Wildman–Crippen LogP) is 2.66. The lowest BCUT2D eigenvalue weighted by molar-refractivity contribution is 0.574. The first-order valence-electron chi connectivity index (χ1n) is 6.26. The molecule has 0 saturated heterocycles. The Morgan fingerprint density at radius 2 is 2.19 bits per heavy atom. The number of rotatable bonds is 3. The van der Waals surface area contributed by atoms with Gasteiger partial charge in [0.25, 0.3) is 0 Å². The molecule has 3 rings (SSSR count). The molecule has 0 fully saturated rings. The molecule has 0 aliphatic heterocycles. The third-order valence-electron chi connectivity index (χ3n) is 2.88. The Morgan fingerprint density at radius 1 is 1.29 bits per heavy atom. The van der Waals surface area contributed by atoms with Crippen molar-refractivity contribution >= 4 is 34.4 Å². The average molecular weight is 296 g/mol. The van der Waals surface area contributed by atoms with Crippen LogP contribution in [0.15, 0.2) is 58.2 Å². The number of fused-ring (bicyclic) bond motifs is 1. The molecular weight excluding hydrogens is 284 g/mol. The molecule has 0 bridgehead atoms. The molecule has 0 atom stereocenters. The van der Waals surface area contributed by atoms with E-state index in [-0.39, 0.29) is 5.11 Å². The smallest absolute Gasteiger partial charge is 0.184 e. The van der Waals surface area contributed by atoms with Gasteiger partial charge in [-0.05, 0) is 36.5 Å². The van der Waals surface area contributed by atoms with Gasteiger partial charge >= 0.3 is 0 Å². The highest BCUT2D eigenvalue weighted by Crippen LogP contribution is 2.24. The summed E-state index contributed by atoms with van der Waals surface area (Å²) in [6.07, 6.45) is 3.29. The van der Waals surface area contributed by atoms with Crippen LogP contribution in [-0.4, -0.2) is 16.3 Å². The van der Waals surface area contributed by atoms with Crippen molar-refractivity contribution in [2.24, 2.45) is 10.8 Å². The highest BCUT2D eigenvalue weighted by Gasteiger charge is 2.05. The van der Waals surface area contributed by atoms with Gasteiger partial charge in [0.15, 0.2) is 5.11 Å². The van der Waals surface area contributed by atoms with E-state index < -0.39 is 0 Å². The summed E-state index contributed by atoms with van der Waals surface area (Å²) in [5.74, 6) is 1.36. The second kappa shape index (κ2) is 5.72. The molecule has 104 valence electrons. The number of nitrogens with zero attached hydrogens (tertiary/aromatic N) is 2. The third-order valence-corrected chi connectivity index (χ3v) is 2.98. The topological polar surface area (TPSA) is 76.4 Å². The van der Waals surface area contributed by atoms with Gasteiger partial charge in [-0.1, -0.05) is 18.2 Å². The SMILES string of the molecule is NC(=S)N/N=C/c1ccc(-c2ccc3cccnc3c2)o1. The second-order valence-electron chi connectivity index (χ2n) is 4.35. The van der Waals surface area contributed by atoms with E-state index in [0.717, 1.165) is 22.2 Å². The van der Waals surface area contributed by atoms with E-state index in [1.54, 1.807) is 6.20 Å². The minimum absolute atomic E-state index is 0.110. The summed E-state index contributed by atoms with van der Waals surface area (Å²) < 4.78 is 5.70. The van der Waals surface area contributed by atoms with Crippen molar-refractivity contribution in [2.45, 2.75) is 0 Å². The van der Waals surface area contributed by atoms with Crippen LogP contribution >= 0.6 is 12.2 Å². The van der Waals surface area contributed by atoms with Crippen LogP contribution in [0.5, 0.6) is 0 Å².